The van der Waals surface area contributed by atoms with Gasteiger partial charge in [0.15, 0.2) is 0 Å². The average molecular weight is 348 g/mol. The van der Waals surface area contributed by atoms with Crippen LogP contribution in [0.1, 0.15) is 37.0 Å². The lowest BCUT2D eigenvalue weighted by molar-refractivity contribution is 0.0652. The molecule has 2 aromatic rings. The van der Waals surface area contributed by atoms with Gasteiger partial charge in [-0.3, -0.25) is 4.79 Å². The summed E-state index contributed by atoms with van der Waals surface area (Å²) in [5.41, 5.74) is 1.15. The number of phenols is 1. The average Bonchev–Trinajstić information content (AvgIpc) is 2.88. The number of likely N-dealkylation sites (tertiary alicyclic amines) is 1. The number of rotatable bonds is 2. The van der Waals surface area contributed by atoms with Crippen molar-refractivity contribution in [3.8, 4) is 16.9 Å². The van der Waals surface area contributed by atoms with E-state index in [0.29, 0.717) is 28.3 Å². The molecule has 0 spiro atoms. The van der Waals surface area contributed by atoms with Crippen molar-refractivity contribution in [1.82, 2.24) is 4.90 Å². The fraction of sp³-hybridized carbons (Fsp3) is 0.316. The third-order valence-corrected chi connectivity index (χ3v) is 4.93. The normalized spacial score (nSPS) is 16.4. The summed E-state index contributed by atoms with van der Waals surface area (Å²) < 4.78 is 13.4. The SMILES string of the molecule is CC1(C)CCCN1C(=O)c1ccc(-c2cc(F)ccc2O)cc1Cl. The fourth-order valence-electron chi connectivity index (χ4n) is 3.22. The number of phenolic OH excluding ortho intramolecular Hbond substituents is 1. The summed E-state index contributed by atoms with van der Waals surface area (Å²) in [5, 5.41) is 10.2. The minimum Gasteiger partial charge on any atom is -0.507 e. The molecule has 1 aliphatic rings. The third kappa shape index (κ3) is 2.98. The Bertz CT molecular complexity index is 804. The molecule has 1 aliphatic heterocycles. The maximum absolute atomic E-state index is 13.4. The number of carbonyl (C=O) groups is 1. The Labute approximate surface area is 145 Å². The molecule has 0 aliphatic carbocycles. The predicted octanol–water partition coefficient (Wildman–Crippen LogP) is 4.87. The number of hydrogen-bond acceptors (Lipinski definition) is 2. The second kappa shape index (κ2) is 6.10. The number of carbonyl (C=O) groups excluding carboxylic acids is 1. The Morgan fingerprint density at radius 3 is 2.62 bits per heavy atom. The first kappa shape index (κ1) is 16.8. The van der Waals surface area contributed by atoms with Gasteiger partial charge in [0, 0.05) is 17.6 Å². The van der Waals surface area contributed by atoms with E-state index in [2.05, 4.69) is 0 Å². The van der Waals surface area contributed by atoms with E-state index in [1.165, 1.54) is 18.2 Å². The molecule has 0 radical (unpaired) electrons. The predicted molar refractivity (Wildman–Crippen MR) is 92.9 cm³/mol. The summed E-state index contributed by atoms with van der Waals surface area (Å²) in [6.07, 6.45) is 1.94. The molecule has 3 rings (SSSR count). The van der Waals surface area contributed by atoms with Crippen molar-refractivity contribution in [1.29, 1.82) is 0 Å². The van der Waals surface area contributed by atoms with Gasteiger partial charge in [-0.25, -0.2) is 4.39 Å². The van der Waals surface area contributed by atoms with Gasteiger partial charge >= 0.3 is 0 Å². The van der Waals surface area contributed by atoms with Crippen molar-refractivity contribution >= 4 is 17.5 Å². The van der Waals surface area contributed by atoms with E-state index in [1.54, 1.807) is 18.2 Å². The van der Waals surface area contributed by atoms with E-state index in [-0.39, 0.29) is 17.2 Å². The molecule has 1 saturated heterocycles. The third-order valence-electron chi connectivity index (χ3n) is 4.62. The largest absolute Gasteiger partial charge is 0.507 e. The zero-order valence-electron chi connectivity index (χ0n) is 13.6. The van der Waals surface area contributed by atoms with Gasteiger partial charge < -0.3 is 10.0 Å². The van der Waals surface area contributed by atoms with Crippen molar-refractivity contribution in [2.45, 2.75) is 32.2 Å². The Morgan fingerprint density at radius 1 is 1.25 bits per heavy atom. The summed E-state index contributed by atoms with van der Waals surface area (Å²) in [4.78, 5) is 14.6. The van der Waals surface area contributed by atoms with Gasteiger partial charge in [0.05, 0.1) is 10.6 Å². The lowest BCUT2D eigenvalue weighted by Crippen LogP contribution is -2.42. The molecule has 0 aromatic heterocycles. The first-order valence-electron chi connectivity index (χ1n) is 7.90. The van der Waals surface area contributed by atoms with E-state index in [1.807, 2.05) is 18.7 Å². The first-order chi connectivity index (χ1) is 11.3. The highest BCUT2D eigenvalue weighted by Crippen LogP contribution is 2.35. The molecule has 2 aromatic carbocycles. The maximum atomic E-state index is 13.4. The molecule has 0 unspecified atom stereocenters. The van der Waals surface area contributed by atoms with E-state index in [4.69, 9.17) is 11.6 Å². The van der Waals surface area contributed by atoms with E-state index < -0.39 is 5.82 Å². The maximum Gasteiger partial charge on any atom is 0.255 e. The Balaban J connectivity index is 1.96. The summed E-state index contributed by atoms with van der Waals surface area (Å²) in [7, 11) is 0. The van der Waals surface area contributed by atoms with Crippen molar-refractivity contribution in [3.05, 3.63) is 52.8 Å². The monoisotopic (exact) mass is 347 g/mol. The lowest BCUT2D eigenvalue weighted by atomic mass is 10.00. The van der Waals surface area contributed by atoms with Crippen LogP contribution in [-0.2, 0) is 0 Å². The van der Waals surface area contributed by atoms with Crippen LogP contribution in [0.25, 0.3) is 11.1 Å². The molecule has 3 nitrogen and oxygen atoms in total. The number of halogens is 2. The standard InChI is InChI=1S/C19H19ClFNO2/c1-19(2)8-3-9-22(19)18(24)14-6-4-12(10-16(14)20)15-11-13(21)5-7-17(15)23/h4-7,10-11,23H,3,8-9H2,1-2H3. The lowest BCUT2D eigenvalue weighted by Gasteiger charge is -2.32. The summed E-state index contributed by atoms with van der Waals surface area (Å²) in [6.45, 7) is 4.81. The minimum atomic E-state index is -0.446. The number of aromatic hydroxyl groups is 1. The summed E-state index contributed by atoms with van der Waals surface area (Å²) in [5.74, 6) is -0.581. The van der Waals surface area contributed by atoms with Crippen LogP contribution in [0.3, 0.4) is 0 Å². The molecule has 0 atom stereocenters. The first-order valence-corrected chi connectivity index (χ1v) is 8.28. The highest BCUT2D eigenvalue weighted by Gasteiger charge is 2.36. The molecule has 1 amide bonds. The van der Waals surface area contributed by atoms with Gasteiger partial charge in [0.2, 0.25) is 0 Å². The van der Waals surface area contributed by atoms with Gasteiger partial charge in [0.1, 0.15) is 11.6 Å². The van der Waals surface area contributed by atoms with E-state index in [0.717, 1.165) is 12.8 Å². The molecule has 24 heavy (non-hydrogen) atoms. The topological polar surface area (TPSA) is 40.5 Å². The molecular formula is C19H19ClFNO2. The summed E-state index contributed by atoms with van der Waals surface area (Å²) in [6, 6.07) is 8.63. The van der Waals surface area contributed by atoms with Crippen LogP contribution in [0.4, 0.5) is 4.39 Å². The number of nitrogens with zero attached hydrogens (tertiary/aromatic N) is 1. The molecule has 1 N–H and O–H groups in total. The van der Waals surface area contributed by atoms with Gasteiger partial charge in [-0.15, -0.1) is 0 Å². The fourth-order valence-corrected chi connectivity index (χ4v) is 3.49. The Morgan fingerprint density at radius 2 is 2.00 bits per heavy atom. The number of hydrogen-bond donors (Lipinski definition) is 1. The number of amides is 1. The minimum absolute atomic E-state index is 0.0350. The molecule has 126 valence electrons. The van der Waals surface area contributed by atoms with Crippen LogP contribution >= 0.6 is 11.6 Å². The van der Waals surface area contributed by atoms with Gasteiger partial charge in [-0.2, -0.15) is 0 Å². The van der Waals surface area contributed by atoms with Crippen LogP contribution in [0.2, 0.25) is 5.02 Å². The van der Waals surface area contributed by atoms with Crippen molar-refractivity contribution in [3.63, 3.8) is 0 Å². The van der Waals surface area contributed by atoms with Crippen molar-refractivity contribution in [2.24, 2.45) is 0 Å². The molecule has 1 heterocycles. The zero-order valence-corrected chi connectivity index (χ0v) is 14.4. The van der Waals surface area contributed by atoms with E-state index >= 15 is 0 Å². The second-order valence-corrected chi connectivity index (χ2v) is 7.14. The van der Waals surface area contributed by atoms with Crippen molar-refractivity contribution in [2.75, 3.05) is 6.54 Å². The molecule has 5 heteroatoms. The second-order valence-electron chi connectivity index (χ2n) is 6.73. The van der Waals surface area contributed by atoms with Crippen LogP contribution in [0.15, 0.2) is 36.4 Å². The van der Waals surface area contributed by atoms with Crippen LogP contribution in [0, 0.1) is 5.82 Å². The highest BCUT2D eigenvalue weighted by molar-refractivity contribution is 6.34. The number of benzene rings is 2. The van der Waals surface area contributed by atoms with Crippen LogP contribution in [0.5, 0.6) is 5.75 Å². The van der Waals surface area contributed by atoms with Crippen molar-refractivity contribution < 1.29 is 14.3 Å². The quantitative estimate of drug-likeness (QED) is 0.842. The highest BCUT2D eigenvalue weighted by atomic mass is 35.5. The summed E-state index contributed by atoms with van der Waals surface area (Å²) >= 11 is 6.31. The van der Waals surface area contributed by atoms with Crippen LogP contribution < -0.4 is 0 Å². The smallest absolute Gasteiger partial charge is 0.255 e. The van der Waals surface area contributed by atoms with Gasteiger partial charge in [-0.1, -0.05) is 17.7 Å². The molecular weight excluding hydrogens is 329 g/mol. The van der Waals surface area contributed by atoms with E-state index in [9.17, 15) is 14.3 Å². The zero-order chi connectivity index (χ0) is 17.5. The van der Waals surface area contributed by atoms with Gasteiger partial charge in [-0.05, 0) is 62.6 Å². The molecule has 0 bridgehead atoms. The molecule has 0 saturated carbocycles. The Hall–Kier alpha value is -2.07. The Kier molecular flexibility index (Phi) is 4.26. The van der Waals surface area contributed by atoms with Crippen LogP contribution in [-0.4, -0.2) is 28.0 Å². The molecule has 1 fully saturated rings. The van der Waals surface area contributed by atoms with Gasteiger partial charge in [0.25, 0.3) is 5.91 Å².